The van der Waals surface area contributed by atoms with Gasteiger partial charge in [0, 0.05) is 38.8 Å². The van der Waals surface area contributed by atoms with Crippen molar-refractivity contribution in [3.8, 4) is 0 Å². The third kappa shape index (κ3) is 5.06. The highest BCUT2D eigenvalue weighted by Crippen LogP contribution is 2.24. The summed E-state index contributed by atoms with van der Waals surface area (Å²) in [5, 5.41) is 2.87. The number of anilines is 1. The van der Waals surface area contributed by atoms with Gasteiger partial charge in [-0.2, -0.15) is 17.0 Å². The number of aryl methyl sites for hydroxylation is 1. The SMILES string of the molecule is CCOC(=O)c1ccc(C)c(NC(=O)C2CCN(S(=O)(=O)N(C)C)CC2)c1. The number of carbonyl (C=O) groups is 2. The van der Waals surface area contributed by atoms with Crippen LogP contribution in [0.2, 0.25) is 0 Å². The molecule has 0 aliphatic carbocycles. The topological polar surface area (TPSA) is 96.0 Å². The highest BCUT2D eigenvalue weighted by Gasteiger charge is 2.32. The number of hydrogen-bond acceptors (Lipinski definition) is 5. The van der Waals surface area contributed by atoms with Crippen molar-refractivity contribution in [1.29, 1.82) is 0 Å². The predicted octanol–water partition coefficient (Wildman–Crippen LogP) is 1.63. The molecule has 0 spiro atoms. The van der Waals surface area contributed by atoms with Crippen LogP contribution in [0.5, 0.6) is 0 Å². The van der Waals surface area contributed by atoms with Gasteiger partial charge < -0.3 is 10.1 Å². The maximum absolute atomic E-state index is 12.6. The van der Waals surface area contributed by atoms with Crippen molar-refractivity contribution in [2.75, 3.05) is 39.1 Å². The molecule has 9 heteroatoms. The highest BCUT2D eigenvalue weighted by atomic mass is 32.2. The summed E-state index contributed by atoms with van der Waals surface area (Å²) in [5.41, 5.74) is 1.78. The fourth-order valence-electron chi connectivity index (χ4n) is 2.91. The number of hydrogen-bond donors (Lipinski definition) is 1. The number of benzene rings is 1. The Bertz CT molecular complexity index is 799. The van der Waals surface area contributed by atoms with Crippen molar-refractivity contribution >= 4 is 27.8 Å². The molecule has 1 fully saturated rings. The van der Waals surface area contributed by atoms with Gasteiger partial charge in [0.1, 0.15) is 0 Å². The van der Waals surface area contributed by atoms with Gasteiger partial charge in [0.2, 0.25) is 5.91 Å². The largest absolute Gasteiger partial charge is 0.462 e. The summed E-state index contributed by atoms with van der Waals surface area (Å²) in [6.07, 6.45) is 0.908. The number of nitrogens with one attached hydrogen (secondary N) is 1. The van der Waals surface area contributed by atoms with Crippen LogP contribution in [0.4, 0.5) is 5.69 Å². The summed E-state index contributed by atoms with van der Waals surface area (Å²) in [6, 6.07) is 5.03. The van der Waals surface area contributed by atoms with E-state index in [4.69, 9.17) is 4.74 Å². The van der Waals surface area contributed by atoms with Crippen molar-refractivity contribution < 1.29 is 22.7 Å². The minimum atomic E-state index is -3.45. The number of carbonyl (C=O) groups excluding carboxylic acids is 2. The Morgan fingerprint density at radius 2 is 1.89 bits per heavy atom. The molecule has 1 amide bonds. The number of esters is 1. The lowest BCUT2D eigenvalue weighted by atomic mass is 9.97. The normalized spacial score (nSPS) is 16.3. The summed E-state index contributed by atoms with van der Waals surface area (Å²) < 4.78 is 31.9. The van der Waals surface area contributed by atoms with Gasteiger partial charge in [-0.1, -0.05) is 6.07 Å². The number of amides is 1. The van der Waals surface area contributed by atoms with Crippen LogP contribution >= 0.6 is 0 Å². The zero-order chi connectivity index (χ0) is 20.2. The summed E-state index contributed by atoms with van der Waals surface area (Å²) in [7, 11) is -0.465. The third-order valence-electron chi connectivity index (χ3n) is 4.62. The molecule has 0 radical (unpaired) electrons. The second kappa shape index (κ2) is 8.81. The van der Waals surface area contributed by atoms with E-state index in [1.807, 2.05) is 6.92 Å². The minimum absolute atomic E-state index is 0.166. The van der Waals surface area contributed by atoms with Gasteiger partial charge in [0.15, 0.2) is 0 Å². The number of nitrogens with zero attached hydrogens (tertiary/aromatic N) is 2. The van der Waals surface area contributed by atoms with E-state index in [1.165, 1.54) is 22.7 Å². The van der Waals surface area contributed by atoms with Crippen LogP contribution in [0.1, 0.15) is 35.7 Å². The first kappa shape index (κ1) is 21.3. The van der Waals surface area contributed by atoms with Gasteiger partial charge in [-0.15, -0.1) is 0 Å². The molecule has 0 aromatic heterocycles. The molecule has 1 aliphatic rings. The number of ether oxygens (including phenoxy) is 1. The molecule has 2 rings (SSSR count). The molecule has 1 heterocycles. The zero-order valence-electron chi connectivity index (χ0n) is 16.2. The molecular weight excluding hydrogens is 370 g/mol. The molecule has 1 saturated heterocycles. The van der Waals surface area contributed by atoms with Crippen molar-refractivity contribution in [2.45, 2.75) is 26.7 Å². The molecule has 8 nitrogen and oxygen atoms in total. The standard InChI is InChI=1S/C18H27N3O5S/c1-5-26-18(23)15-7-6-13(2)16(12-15)19-17(22)14-8-10-21(11-9-14)27(24,25)20(3)4/h6-7,12,14H,5,8-11H2,1-4H3,(H,19,22). The summed E-state index contributed by atoms with van der Waals surface area (Å²) >= 11 is 0. The van der Waals surface area contributed by atoms with Crippen LogP contribution in [0.3, 0.4) is 0 Å². The Kier molecular flexibility index (Phi) is 6.96. The van der Waals surface area contributed by atoms with E-state index in [0.29, 0.717) is 37.2 Å². The van der Waals surface area contributed by atoms with Gasteiger partial charge in [0.25, 0.3) is 10.2 Å². The predicted molar refractivity (Wildman–Crippen MR) is 103 cm³/mol. The average Bonchev–Trinajstić information content (AvgIpc) is 2.63. The molecule has 27 heavy (non-hydrogen) atoms. The Balaban J connectivity index is 2.02. The first-order valence-corrected chi connectivity index (χ1v) is 10.3. The molecule has 0 saturated carbocycles. The molecular formula is C18H27N3O5S. The van der Waals surface area contributed by atoms with Gasteiger partial charge in [-0.25, -0.2) is 4.79 Å². The Hall–Kier alpha value is -1.97. The maximum atomic E-state index is 12.6. The second-order valence-electron chi connectivity index (χ2n) is 6.70. The van der Waals surface area contributed by atoms with Crippen molar-refractivity contribution in [2.24, 2.45) is 5.92 Å². The smallest absolute Gasteiger partial charge is 0.338 e. The van der Waals surface area contributed by atoms with Gasteiger partial charge in [0.05, 0.1) is 12.2 Å². The Morgan fingerprint density at radius 3 is 2.44 bits per heavy atom. The Morgan fingerprint density at radius 1 is 1.26 bits per heavy atom. The van der Waals surface area contributed by atoms with E-state index < -0.39 is 16.2 Å². The average molecular weight is 397 g/mol. The summed E-state index contributed by atoms with van der Waals surface area (Å²) in [5.74, 6) is -0.875. The maximum Gasteiger partial charge on any atom is 0.338 e. The van der Waals surface area contributed by atoms with Gasteiger partial charge >= 0.3 is 5.97 Å². The minimum Gasteiger partial charge on any atom is -0.462 e. The monoisotopic (exact) mass is 397 g/mol. The second-order valence-corrected chi connectivity index (χ2v) is 8.85. The highest BCUT2D eigenvalue weighted by molar-refractivity contribution is 7.86. The molecule has 0 bridgehead atoms. The lowest BCUT2D eigenvalue weighted by molar-refractivity contribution is -0.120. The van der Waals surface area contributed by atoms with E-state index in [9.17, 15) is 18.0 Å². The number of rotatable bonds is 6. The number of piperidine rings is 1. The van der Waals surface area contributed by atoms with Gasteiger partial charge in [-0.05, 0) is 44.4 Å². The summed E-state index contributed by atoms with van der Waals surface area (Å²) in [6.45, 7) is 4.47. The van der Waals surface area contributed by atoms with Crippen LogP contribution in [-0.2, 0) is 19.7 Å². The van der Waals surface area contributed by atoms with E-state index in [0.717, 1.165) is 5.56 Å². The molecule has 0 unspecified atom stereocenters. The molecule has 1 N–H and O–H groups in total. The lowest BCUT2D eigenvalue weighted by Gasteiger charge is -2.32. The molecule has 1 aliphatic heterocycles. The fourth-order valence-corrected chi connectivity index (χ4v) is 4.05. The van der Waals surface area contributed by atoms with Crippen LogP contribution in [0.15, 0.2) is 18.2 Å². The van der Waals surface area contributed by atoms with Crippen LogP contribution in [0.25, 0.3) is 0 Å². The molecule has 1 aromatic rings. The van der Waals surface area contributed by atoms with Crippen molar-refractivity contribution in [3.05, 3.63) is 29.3 Å². The molecule has 150 valence electrons. The van der Waals surface area contributed by atoms with Crippen LogP contribution in [-0.4, -0.2) is 62.7 Å². The summed E-state index contributed by atoms with van der Waals surface area (Å²) in [4.78, 5) is 24.5. The van der Waals surface area contributed by atoms with Crippen molar-refractivity contribution in [3.63, 3.8) is 0 Å². The van der Waals surface area contributed by atoms with E-state index in [1.54, 1.807) is 25.1 Å². The van der Waals surface area contributed by atoms with E-state index in [-0.39, 0.29) is 18.4 Å². The van der Waals surface area contributed by atoms with Gasteiger partial charge in [-0.3, -0.25) is 4.79 Å². The third-order valence-corrected chi connectivity index (χ3v) is 6.56. The fraction of sp³-hybridized carbons (Fsp3) is 0.556. The zero-order valence-corrected chi connectivity index (χ0v) is 17.0. The Labute approximate surface area is 160 Å². The first-order valence-electron chi connectivity index (χ1n) is 8.93. The van der Waals surface area contributed by atoms with E-state index in [2.05, 4.69) is 5.32 Å². The quantitative estimate of drug-likeness (QED) is 0.736. The van der Waals surface area contributed by atoms with Crippen LogP contribution < -0.4 is 5.32 Å². The lowest BCUT2D eigenvalue weighted by Crippen LogP contribution is -2.46. The van der Waals surface area contributed by atoms with Crippen molar-refractivity contribution in [1.82, 2.24) is 8.61 Å². The molecule has 0 atom stereocenters. The van der Waals surface area contributed by atoms with E-state index >= 15 is 0 Å². The molecule has 1 aromatic carbocycles. The van der Waals surface area contributed by atoms with Crippen LogP contribution in [0, 0.1) is 12.8 Å². The first-order chi connectivity index (χ1) is 12.7.